The molecule has 0 aromatic carbocycles. The van der Waals surface area contributed by atoms with Crippen LogP contribution >= 0.6 is 11.6 Å². The van der Waals surface area contributed by atoms with Crippen molar-refractivity contribution in [2.75, 3.05) is 5.32 Å². The number of hydrogen-bond donors (Lipinski definition) is 3. The number of aromatic nitrogens is 5. The zero-order valence-corrected chi connectivity index (χ0v) is 18.6. The molecular weight excluding hydrogens is 463 g/mol. The monoisotopic (exact) mass is 482 g/mol. The molecule has 3 fully saturated rings. The summed E-state index contributed by atoms with van der Waals surface area (Å²) < 4.78 is 21.1. The first-order valence-corrected chi connectivity index (χ1v) is 11.5. The van der Waals surface area contributed by atoms with Gasteiger partial charge in [-0.05, 0) is 49.7 Å². The third-order valence-electron chi connectivity index (χ3n) is 7.01. The molecule has 0 amide bonds. The largest absolute Gasteiger partial charge is 0.481 e. The Hall–Kier alpha value is -3.53. The highest BCUT2D eigenvalue weighted by atomic mass is 35.5. The fraction of sp³-hybridized carbons (Fsp3) is 0.348. The number of carboxylic acids is 1. The molecule has 174 valence electrons. The second-order valence-electron chi connectivity index (χ2n) is 8.84. The van der Waals surface area contributed by atoms with Gasteiger partial charge in [-0.2, -0.15) is 0 Å². The fourth-order valence-corrected chi connectivity index (χ4v) is 5.58. The molecule has 3 aliphatic rings. The van der Waals surface area contributed by atoms with Gasteiger partial charge in [-0.1, -0.05) is 11.6 Å². The lowest BCUT2D eigenvalue weighted by molar-refractivity contribution is -0.148. The number of nitrogens with one attached hydrogen (secondary N) is 2. The SMILES string of the molecule is O=C(O)C1C2CCC(CC2)C1Nc1nc(-c2c[nH]c3ncc(Cl)nc23)nc(-c2ccco2)c1F. The van der Waals surface area contributed by atoms with Crippen LogP contribution in [0.3, 0.4) is 0 Å². The lowest BCUT2D eigenvalue weighted by atomic mass is 9.61. The van der Waals surface area contributed by atoms with E-state index in [9.17, 15) is 9.90 Å². The highest BCUT2D eigenvalue weighted by Gasteiger charge is 2.47. The number of fused-ring (bicyclic) bond motifs is 4. The maximum Gasteiger partial charge on any atom is 0.308 e. The summed E-state index contributed by atoms with van der Waals surface area (Å²) in [4.78, 5) is 32.5. The van der Waals surface area contributed by atoms with Crippen LogP contribution in [0.5, 0.6) is 0 Å². The summed E-state index contributed by atoms with van der Waals surface area (Å²) in [6.45, 7) is 0. The Balaban J connectivity index is 1.49. The van der Waals surface area contributed by atoms with E-state index in [-0.39, 0.29) is 40.1 Å². The van der Waals surface area contributed by atoms with Crippen LogP contribution in [0.1, 0.15) is 25.7 Å². The minimum atomic E-state index is -0.866. The first-order chi connectivity index (χ1) is 16.5. The van der Waals surface area contributed by atoms with E-state index in [4.69, 9.17) is 16.0 Å². The highest BCUT2D eigenvalue weighted by Crippen LogP contribution is 2.46. The number of halogens is 2. The van der Waals surface area contributed by atoms with Crippen molar-refractivity contribution < 1.29 is 18.7 Å². The molecule has 9 nitrogen and oxygen atoms in total. The molecule has 3 N–H and O–H groups in total. The molecule has 2 atom stereocenters. The van der Waals surface area contributed by atoms with Crippen LogP contribution in [0.4, 0.5) is 10.2 Å². The molecule has 34 heavy (non-hydrogen) atoms. The third kappa shape index (κ3) is 3.40. The average Bonchev–Trinajstić information content (AvgIpc) is 3.51. The topological polar surface area (TPSA) is 130 Å². The number of carbonyl (C=O) groups is 1. The second-order valence-corrected chi connectivity index (χ2v) is 9.22. The molecule has 0 aliphatic heterocycles. The van der Waals surface area contributed by atoms with Gasteiger partial charge >= 0.3 is 5.97 Å². The normalized spacial score (nSPS) is 23.9. The third-order valence-corrected chi connectivity index (χ3v) is 7.19. The van der Waals surface area contributed by atoms with Crippen LogP contribution in [0, 0.1) is 23.6 Å². The van der Waals surface area contributed by atoms with Crippen molar-refractivity contribution in [1.29, 1.82) is 0 Å². The van der Waals surface area contributed by atoms with Crippen molar-refractivity contribution in [3.05, 3.63) is 41.8 Å². The first kappa shape index (κ1) is 21.0. The van der Waals surface area contributed by atoms with Crippen LogP contribution in [0.2, 0.25) is 5.15 Å². The van der Waals surface area contributed by atoms with E-state index in [1.165, 1.54) is 12.5 Å². The molecule has 3 saturated carbocycles. The lowest BCUT2D eigenvalue weighted by Crippen LogP contribution is -2.51. The zero-order valence-electron chi connectivity index (χ0n) is 17.8. The molecule has 4 aromatic rings. The molecule has 11 heteroatoms. The predicted octanol–water partition coefficient (Wildman–Crippen LogP) is 4.77. The maximum absolute atomic E-state index is 15.7. The smallest absolute Gasteiger partial charge is 0.308 e. The zero-order chi connectivity index (χ0) is 23.4. The number of aromatic amines is 1. The molecule has 3 aliphatic carbocycles. The van der Waals surface area contributed by atoms with Crippen molar-refractivity contribution in [3.63, 3.8) is 0 Å². The molecule has 0 saturated heterocycles. The van der Waals surface area contributed by atoms with Crippen LogP contribution in [-0.4, -0.2) is 42.0 Å². The Bertz CT molecular complexity index is 1380. The number of H-pyrrole nitrogens is 1. The number of rotatable bonds is 5. The highest BCUT2D eigenvalue weighted by molar-refractivity contribution is 6.29. The van der Waals surface area contributed by atoms with E-state index in [0.29, 0.717) is 16.7 Å². The molecule has 0 spiro atoms. The standard InChI is InChI=1S/C23H20ClFN6O3/c24-14-9-27-22-18(28-14)12(8-26-22)20-30-19(13-2-1-7-34-13)16(25)21(31-20)29-17-11-5-3-10(4-6-11)15(17)23(32)33/h1-2,7-11,15,17H,3-6H2,(H,26,27)(H,32,33)(H,29,30,31). The van der Waals surface area contributed by atoms with E-state index in [2.05, 4.69) is 30.2 Å². The number of aliphatic carboxylic acids is 1. The summed E-state index contributed by atoms with van der Waals surface area (Å²) in [5.41, 5.74) is 1.38. The van der Waals surface area contributed by atoms with E-state index >= 15 is 4.39 Å². The summed E-state index contributed by atoms with van der Waals surface area (Å²) in [5.74, 6) is -1.62. The van der Waals surface area contributed by atoms with Gasteiger partial charge in [-0.25, -0.2) is 24.3 Å². The van der Waals surface area contributed by atoms with Crippen LogP contribution in [0.15, 0.2) is 35.2 Å². The molecule has 4 heterocycles. The number of nitrogens with zero attached hydrogens (tertiary/aromatic N) is 4. The lowest BCUT2D eigenvalue weighted by Gasteiger charge is -2.47. The minimum Gasteiger partial charge on any atom is -0.481 e. The van der Waals surface area contributed by atoms with Gasteiger partial charge in [0.15, 0.2) is 28.9 Å². The van der Waals surface area contributed by atoms with Gasteiger partial charge in [0, 0.05) is 12.2 Å². The van der Waals surface area contributed by atoms with Gasteiger partial charge in [-0.15, -0.1) is 0 Å². The Morgan fingerprint density at radius 2 is 2.00 bits per heavy atom. The van der Waals surface area contributed by atoms with E-state index < -0.39 is 23.7 Å². The molecule has 0 radical (unpaired) electrons. The Kier molecular flexibility index (Phi) is 4.98. The quantitative estimate of drug-likeness (QED) is 0.371. The van der Waals surface area contributed by atoms with Crippen molar-refractivity contribution in [3.8, 4) is 22.8 Å². The average molecular weight is 483 g/mol. The fourth-order valence-electron chi connectivity index (χ4n) is 5.45. The summed E-state index contributed by atoms with van der Waals surface area (Å²) in [6.07, 6.45) is 8.06. The predicted molar refractivity (Wildman–Crippen MR) is 122 cm³/mol. The molecule has 4 aromatic heterocycles. The summed E-state index contributed by atoms with van der Waals surface area (Å²) in [6, 6.07) is 2.82. The van der Waals surface area contributed by atoms with Gasteiger partial charge in [0.2, 0.25) is 0 Å². The van der Waals surface area contributed by atoms with Crippen molar-refractivity contribution in [2.24, 2.45) is 17.8 Å². The minimum absolute atomic E-state index is 0.0327. The van der Waals surface area contributed by atoms with Crippen LogP contribution in [-0.2, 0) is 4.79 Å². The summed E-state index contributed by atoms with van der Waals surface area (Å²) in [7, 11) is 0. The molecule has 2 bridgehead atoms. The Labute approximate surface area is 197 Å². The summed E-state index contributed by atoms with van der Waals surface area (Å²) >= 11 is 6.04. The van der Waals surface area contributed by atoms with Gasteiger partial charge in [0.05, 0.1) is 23.9 Å². The first-order valence-electron chi connectivity index (χ1n) is 11.1. The molecule has 2 unspecified atom stereocenters. The number of carboxylic acid groups (broad SMARTS) is 1. The molecular formula is C23H20ClFN6O3. The van der Waals surface area contributed by atoms with Gasteiger partial charge in [-0.3, -0.25) is 4.79 Å². The Morgan fingerprint density at radius 1 is 1.21 bits per heavy atom. The van der Waals surface area contributed by atoms with Crippen LogP contribution < -0.4 is 5.32 Å². The van der Waals surface area contributed by atoms with Crippen molar-refractivity contribution in [2.45, 2.75) is 31.7 Å². The van der Waals surface area contributed by atoms with Gasteiger partial charge < -0.3 is 19.8 Å². The van der Waals surface area contributed by atoms with Crippen molar-refractivity contribution in [1.82, 2.24) is 24.9 Å². The van der Waals surface area contributed by atoms with Gasteiger partial charge in [0.1, 0.15) is 16.4 Å². The maximum atomic E-state index is 15.7. The van der Waals surface area contributed by atoms with Crippen LogP contribution in [0.25, 0.3) is 34.0 Å². The number of anilines is 1. The van der Waals surface area contributed by atoms with Gasteiger partial charge in [0.25, 0.3) is 0 Å². The second kappa shape index (κ2) is 8.05. The summed E-state index contributed by atoms with van der Waals surface area (Å²) in [5, 5.41) is 13.3. The number of hydrogen-bond acceptors (Lipinski definition) is 7. The van der Waals surface area contributed by atoms with Crippen molar-refractivity contribution >= 4 is 34.6 Å². The van der Waals surface area contributed by atoms with E-state index in [1.807, 2.05) is 0 Å². The van der Waals surface area contributed by atoms with E-state index in [0.717, 1.165) is 25.7 Å². The number of furan rings is 1. The Morgan fingerprint density at radius 3 is 2.74 bits per heavy atom. The van der Waals surface area contributed by atoms with E-state index in [1.54, 1.807) is 18.3 Å². The molecule has 7 rings (SSSR count).